The smallest absolute Gasteiger partial charge is 0.240 e. The third-order valence-electron chi connectivity index (χ3n) is 3.68. The van der Waals surface area contributed by atoms with Gasteiger partial charge in [0.05, 0.1) is 12.7 Å². The van der Waals surface area contributed by atoms with Crippen molar-refractivity contribution < 1.29 is 4.79 Å². The second-order valence-corrected chi connectivity index (χ2v) is 4.83. The molecule has 0 aromatic rings. The van der Waals surface area contributed by atoms with E-state index in [1.54, 1.807) is 0 Å². The first-order valence-electron chi connectivity index (χ1n) is 6.56. The normalized spacial score (nSPS) is 27.7. The van der Waals surface area contributed by atoms with Gasteiger partial charge >= 0.3 is 0 Å². The Bertz CT molecular complexity index is 238. The molecule has 4 heteroatoms. The van der Waals surface area contributed by atoms with Crippen LogP contribution in [0.15, 0.2) is 0 Å². The molecule has 0 aliphatic carbocycles. The van der Waals surface area contributed by atoms with Gasteiger partial charge in [-0.2, -0.15) is 0 Å². The maximum atomic E-state index is 11.9. The standard InChI is InChI=1S/C12H23N3O/c1-2-11-12(16)15(10-13-11)9-8-14-6-4-3-5-7-14/h11,13H,2-10H2,1H3. The Labute approximate surface area is 98.0 Å². The number of carbonyl (C=O) groups excluding carboxylic acids is 1. The monoisotopic (exact) mass is 225 g/mol. The highest BCUT2D eigenvalue weighted by Crippen LogP contribution is 2.10. The van der Waals surface area contributed by atoms with Gasteiger partial charge in [0.25, 0.3) is 0 Å². The Morgan fingerprint density at radius 2 is 2.00 bits per heavy atom. The van der Waals surface area contributed by atoms with E-state index in [9.17, 15) is 4.79 Å². The molecule has 4 nitrogen and oxygen atoms in total. The first kappa shape index (κ1) is 11.9. The molecule has 92 valence electrons. The van der Waals surface area contributed by atoms with Crippen molar-refractivity contribution >= 4 is 5.91 Å². The average molecular weight is 225 g/mol. The summed E-state index contributed by atoms with van der Waals surface area (Å²) in [5.41, 5.74) is 0. The van der Waals surface area contributed by atoms with Gasteiger partial charge in [-0.1, -0.05) is 13.3 Å². The van der Waals surface area contributed by atoms with Gasteiger partial charge in [-0.15, -0.1) is 0 Å². The lowest BCUT2D eigenvalue weighted by Crippen LogP contribution is -2.39. The molecule has 0 radical (unpaired) electrons. The van der Waals surface area contributed by atoms with E-state index >= 15 is 0 Å². The van der Waals surface area contributed by atoms with Crippen molar-refractivity contribution in [3.63, 3.8) is 0 Å². The van der Waals surface area contributed by atoms with Crippen molar-refractivity contribution in [3.8, 4) is 0 Å². The van der Waals surface area contributed by atoms with Crippen LogP contribution in [0, 0.1) is 0 Å². The van der Waals surface area contributed by atoms with Crippen LogP contribution in [0.4, 0.5) is 0 Å². The summed E-state index contributed by atoms with van der Waals surface area (Å²) in [5, 5.41) is 3.25. The zero-order valence-electron chi connectivity index (χ0n) is 10.2. The highest BCUT2D eigenvalue weighted by atomic mass is 16.2. The molecule has 2 rings (SSSR count). The van der Waals surface area contributed by atoms with Crippen LogP contribution in [0.3, 0.4) is 0 Å². The molecule has 2 fully saturated rings. The minimum atomic E-state index is 0.0707. The van der Waals surface area contributed by atoms with Crippen LogP contribution in [0.1, 0.15) is 32.6 Å². The van der Waals surface area contributed by atoms with Crippen molar-refractivity contribution in [1.82, 2.24) is 15.1 Å². The second kappa shape index (κ2) is 5.64. The zero-order chi connectivity index (χ0) is 11.4. The van der Waals surface area contributed by atoms with Crippen molar-refractivity contribution in [3.05, 3.63) is 0 Å². The van der Waals surface area contributed by atoms with Gasteiger partial charge in [0.2, 0.25) is 5.91 Å². The topological polar surface area (TPSA) is 35.6 Å². The van der Waals surface area contributed by atoms with Gasteiger partial charge in [0.15, 0.2) is 0 Å². The fraction of sp³-hybridized carbons (Fsp3) is 0.917. The summed E-state index contributed by atoms with van der Waals surface area (Å²) >= 11 is 0. The Kier molecular flexibility index (Phi) is 4.18. The Hall–Kier alpha value is -0.610. The van der Waals surface area contributed by atoms with E-state index in [1.165, 1.54) is 32.4 Å². The second-order valence-electron chi connectivity index (χ2n) is 4.83. The number of carbonyl (C=O) groups is 1. The number of piperidine rings is 1. The number of rotatable bonds is 4. The number of hydrogen-bond acceptors (Lipinski definition) is 3. The van der Waals surface area contributed by atoms with Crippen LogP contribution >= 0.6 is 0 Å². The highest BCUT2D eigenvalue weighted by molar-refractivity contribution is 5.83. The molecular formula is C12H23N3O. The summed E-state index contributed by atoms with van der Waals surface area (Å²) in [6.45, 7) is 7.17. The minimum absolute atomic E-state index is 0.0707. The molecule has 2 heterocycles. The maximum Gasteiger partial charge on any atom is 0.240 e. The number of likely N-dealkylation sites (tertiary alicyclic amines) is 1. The quantitative estimate of drug-likeness (QED) is 0.762. The van der Waals surface area contributed by atoms with Crippen molar-refractivity contribution in [1.29, 1.82) is 0 Å². The maximum absolute atomic E-state index is 11.9. The summed E-state index contributed by atoms with van der Waals surface area (Å²) in [4.78, 5) is 16.3. The van der Waals surface area contributed by atoms with E-state index in [1.807, 2.05) is 4.90 Å². The van der Waals surface area contributed by atoms with E-state index in [0.29, 0.717) is 5.91 Å². The molecule has 0 saturated carbocycles. The molecular weight excluding hydrogens is 202 g/mol. The fourth-order valence-corrected chi connectivity index (χ4v) is 2.56. The van der Waals surface area contributed by atoms with Crippen LogP contribution in [0.5, 0.6) is 0 Å². The molecule has 0 aromatic heterocycles. The Balaban J connectivity index is 1.71. The molecule has 1 amide bonds. The van der Waals surface area contributed by atoms with Gasteiger partial charge in [-0.3, -0.25) is 10.1 Å². The van der Waals surface area contributed by atoms with E-state index < -0.39 is 0 Å². The van der Waals surface area contributed by atoms with Crippen molar-refractivity contribution in [2.45, 2.75) is 38.6 Å². The van der Waals surface area contributed by atoms with Gasteiger partial charge in [-0.25, -0.2) is 0 Å². The molecule has 1 N–H and O–H groups in total. The van der Waals surface area contributed by atoms with Gasteiger partial charge in [-0.05, 0) is 32.4 Å². The zero-order valence-corrected chi connectivity index (χ0v) is 10.2. The summed E-state index contributed by atoms with van der Waals surface area (Å²) in [5.74, 6) is 0.291. The van der Waals surface area contributed by atoms with Crippen LogP contribution in [-0.4, -0.2) is 54.6 Å². The third kappa shape index (κ3) is 2.74. The molecule has 0 spiro atoms. The lowest BCUT2D eigenvalue weighted by atomic mass is 10.1. The van der Waals surface area contributed by atoms with Gasteiger partial charge in [0, 0.05) is 13.1 Å². The predicted molar refractivity (Wildman–Crippen MR) is 64.1 cm³/mol. The summed E-state index contributed by atoms with van der Waals surface area (Å²) < 4.78 is 0. The van der Waals surface area contributed by atoms with Crippen LogP contribution < -0.4 is 5.32 Å². The SMILES string of the molecule is CCC1NCN(CCN2CCCCC2)C1=O. The average Bonchev–Trinajstić information content (AvgIpc) is 2.69. The Morgan fingerprint density at radius 1 is 1.25 bits per heavy atom. The molecule has 0 aromatic carbocycles. The molecule has 2 saturated heterocycles. The van der Waals surface area contributed by atoms with Crippen LogP contribution in [0.2, 0.25) is 0 Å². The van der Waals surface area contributed by atoms with E-state index in [4.69, 9.17) is 0 Å². The summed E-state index contributed by atoms with van der Waals surface area (Å²) in [6, 6.07) is 0.0707. The summed E-state index contributed by atoms with van der Waals surface area (Å²) in [7, 11) is 0. The number of amides is 1. The van der Waals surface area contributed by atoms with Crippen LogP contribution in [0.25, 0.3) is 0 Å². The van der Waals surface area contributed by atoms with Gasteiger partial charge < -0.3 is 9.80 Å². The Morgan fingerprint density at radius 3 is 2.62 bits per heavy atom. The number of nitrogens with one attached hydrogen (secondary N) is 1. The lowest BCUT2D eigenvalue weighted by Gasteiger charge is -2.28. The summed E-state index contributed by atoms with van der Waals surface area (Å²) in [6.07, 6.45) is 4.92. The van der Waals surface area contributed by atoms with E-state index in [0.717, 1.165) is 26.2 Å². The lowest BCUT2D eigenvalue weighted by molar-refractivity contribution is -0.129. The molecule has 1 atom stereocenters. The number of nitrogens with zero attached hydrogens (tertiary/aromatic N) is 2. The molecule has 0 bridgehead atoms. The van der Waals surface area contributed by atoms with E-state index in [-0.39, 0.29) is 6.04 Å². The predicted octanol–water partition coefficient (Wildman–Crippen LogP) is 0.640. The molecule has 2 aliphatic heterocycles. The van der Waals surface area contributed by atoms with E-state index in [2.05, 4.69) is 17.1 Å². The number of hydrogen-bond donors (Lipinski definition) is 1. The largest absolute Gasteiger partial charge is 0.327 e. The first-order chi connectivity index (χ1) is 7.81. The first-order valence-corrected chi connectivity index (χ1v) is 6.56. The molecule has 16 heavy (non-hydrogen) atoms. The molecule has 1 unspecified atom stereocenters. The fourth-order valence-electron chi connectivity index (χ4n) is 2.56. The van der Waals surface area contributed by atoms with Crippen molar-refractivity contribution in [2.24, 2.45) is 0 Å². The van der Waals surface area contributed by atoms with Crippen LogP contribution in [-0.2, 0) is 4.79 Å². The highest BCUT2D eigenvalue weighted by Gasteiger charge is 2.29. The third-order valence-corrected chi connectivity index (χ3v) is 3.68. The molecule has 2 aliphatic rings. The minimum Gasteiger partial charge on any atom is -0.327 e. The van der Waals surface area contributed by atoms with Crippen molar-refractivity contribution in [2.75, 3.05) is 32.8 Å². The van der Waals surface area contributed by atoms with Gasteiger partial charge in [0.1, 0.15) is 0 Å².